The summed E-state index contributed by atoms with van der Waals surface area (Å²) in [7, 11) is 0. The SMILES string of the molecule is CSCCC(C)NCc1cc(Br)ccc1F. The molecular weight excluding hydrogens is 289 g/mol. The Morgan fingerprint density at radius 3 is 2.94 bits per heavy atom. The normalized spacial score (nSPS) is 12.8. The third-order valence-corrected chi connectivity index (χ3v) is 3.54. The van der Waals surface area contributed by atoms with Gasteiger partial charge < -0.3 is 5.32 Å². The van der Waals surface area contributed by atoms with Crippen LogP contribution in [0.2, 0.25) is 0 Å². The van der Waals surface area contributed by atoms with Gasteiger partial charge in [-0.25, -0.2) is 4.39 Å². The zero-order valence-corrected chi connectivity index (χ0v) is 12.0. The van der Waals surface area contributed by atoms with E-state index in [1.807, 2.05) is 17.8 Å². The van der Waals surface area contributed by atoms with Crippen LogP contribution in [0.1, 0.15) is 18.9 Å². The van der Waals surface area contributed by atoms with E-state index in [1.165, 1.54) is 6.07 Å². The van der Waals surface area contributed by atoms with Crippen LogP contribution in [0.5, 0.6) is 0 Å². The number of hydrogen-bond donors (Lipinski definition) is 1. The monoisotopic (exact) mass is 305 g/mol. The molecule has 0 radical (unpaired) electrons. The van der Waals surface area contributed by atoms with Crippen LogP contribution in [0.25, 0.3) is 0 Å². The molecule has 0 fully saturated rings. The van der Waals surface area contributed by atoms with Gasteiger partial charge >= 0.3 is 0 Å². The molecule has 0 aliphatic rings. The maximum atomic E-state index is 13.4. The van der Waals surface area contributed by atoms with Gasteiger partial charge in [0, 0.05) is 22.6 Å². The molecule has 0 saturated carbocycles. The quantitative estimate of drug-likeness (QED) is 0.857. The first kappa shape index (κ1) is 14.0. The van der Waals surface area contributed by atoms with Crippen LogP contribution < -0.4 is 5.32 Å². The van der Waals surface area contributed by atoms with Gasteiger partial charge in [-0.05, 0) is 43.6 Å². The van der Waals surface area contributed by atoms with E-state index in [-0.39, 0.29) is 5.82 Å². The highest BCUT2D eigenvalue weighted by Crippen LogP contribution is 2.15. The van der Waals surface area contributed by atoms with Crippen LogP contribution in [0, 0.1) is 5.82 Å². The minimum absolute atomic E-state index is 0.146. The summed E-state index contributed by atoms with van der Waals surface area (Å²) in [4.78, 5) is 0. The Morgan fingerprint density at radius 2 is 2.25 bits per heavy atom. The van der Waals surface area contributed by atoms with Crippen LogP contribution in [-0.4, -0.2) is 18.1 Å². The zero-order valence-electron chi connectivity index (χ0n) is 9.59. The van der Waals surface area contributed by atoms with Crippen LogP contribution in [-0.2, 0) is 6.54 Å². The molecule has 16 heavy (non-hydrogen) atoms. The average Bonchev–Trinajstić information content (AvgIpc) is 2.27. The van der Waals surface area contributed by atoms with Crippen molar-refractivity contribution in [1.82, 2.24) is 5.32 Å². The molecule has 1 rings (SSSR count). The van der Waals surface area contributed by atoms with Crippen molar-refractivity contribution < 1.29 is 4.39 Å². The van der Waals surface area contributed by atoms with E-state index >= 15 is 0 Å². The van der Waals surface area contributed by atoms with Crippen LogP contribution >= 0.6 is 27.7 Å². The summed E-state index contributed by atoms with van der Waals surface area (Å²) >= 11 is 5.18. The zero-order chi connectivity index (χ0) is 12.0. The number of hydrogen-bond acceptors (Lipinski definition) is 2. The molecule has 0 aliphatic carbocycles. The summed E-state index contributed by atoms with van der Waals surface area (Å²) in [6.07, 6.45) is 3.21. The Balaban J connectivity index is 2.44. The Kier molecular flexibility index (Phi) is 6.39. The second-order valence-corrected chi connectivity index (χ2v) is 5.70. The van der Waals surface area contributed by atoms with Gasteiger partial charge in [0.15, 0.2) is 0 Å². The first-order valence-corrected chi connectivity index (χ1v) is 7.48. The average molecular weight is 306 g/mol. The van der Waals surface area contributed by atoms with E-state index in [0.29, 0.717) is 18.2 Å². The van der Waals surface area contributed by atoms with Crippen LogP contribution in [0.3, 0.4) is 0 Å². The van der Waals surface area contributed by atoms with Gasteiger partial charge in [0.05, 0.1) is 0 Å². The molecule has 0 bridgehead atoms. The minimum Gasteiger partial charge on any atom is -0.310 e. The maximum Gasteiger partial charge on any atom is 0.127 e. The molecule has 1 N–H and O–H groups in total. The highest BCUT2D eigenvalue weighted by atomic mass is 79.9. The largest absolute Gasteiger partial charge is 0.310 e. The highest BCUT2D eigenvalue weighted by Gasteiger charge is 2.05. The summed E-state index contributed by atoms with van der Waals surface area (Å²) < 4.78 is 14.3. The second kappa shape index (κ2) is 7.30. The van der Waals surface area contributed by atoms with Crippen molar-refractivity contribution >= 4 is 27.7 Å². The summed E-state index contributed by atoms with van der Waals surface area (Å²) in [6.45, 7) is 2.72. The van der Waals surface area contributed by atoms with E-state index in [2.05, 4.69) is 34.4 Å². The Hall–Kier alpha value is -0.0600. The lowest BCUT2D eigenvalue weighted by Gasteiger charge is -2.13. The Bertz CT molecular complexity index is 333. The number of nitrogens with one attached hydrogen (secondary N) is 1. The number of thioether (sulfide) groups is 1. The topological polar surface area (TPSA) is 12.0 Å². The number of halogens is 2. The standard InChI is InChI=1S/C12H17BrFNS/c1-9(5-6-16-2)15-8-10-7-11(13)3-4-12(10)14/h3-4,7,9,15H,5-6,8H2,1-2H3. The molecule has 90 valence electrons. The number of benzene rings is 1. The molecule has 0 aliphatic heterocycles. The molecule has 0 aromatic heterocycles. The third-order valence-electron chi connectivity index (χ3n) is 2.40. The van der Waals surface area contributed by atoms with Crippen molar-refractivity contribution in [2.45, 2.75) is 25.9 Å². The summed E-state index contributed by atoms with van der Waals surface area (Å²) in [5.74, 6) is 0.988. The molecule has 4 heteroatoms. The van der Waals surface area contributed by atoms with E-state index in [1.54, 1.807) is 6.07 Å². The first-order valence-electron chi connectivity index (χ1n) is 5.29. The van der Waals surface area contributed by atoms with Crippen molar-refractivity contribution in [1.29, 1.82) is 0 Å². The lowest BCUT2D eigenvalue weighted by molar-refractivity contribution is 0.519. The van der Waals surface area contributed by atoms with Gasteiger partial charge in [-0.15, -0.1) is 0 Å². The fraction of sp³-hybridized carbons (Fsp3) is 0.500. The molecule has 0 saturated heterocycles. The maximum absolute atomic E-state index is 13.4. The van der Waals surface area contributed by atoms with Crippen molar-refractivity contribution in [2.24, 2.45) is 0 Å². The number of rotatable bonds is 6. The fourth-order valence-electron chi connectivity index (χ4n) is 1.36. The molecule has 1 unspecified atom stereocenters. The van der Waals surface area contributed by atoms with Crippen LogP contribution in [0.4, 0.5) is 4.39 Å². The van der Waals surface area contributed by atoms with Crippen molar-refractivity contribution in [3.05, 3.63) is 34.1 Å². The van der Waals surface area contributed by atoms with Gasteiger partial charge in [-0.3, -0.25) is 0 Å². The van der Waals surface area contributed by atoms with Crippen molar-refractivity contribution in [2.75, 3.05) is 12.0 Å². The molecule has 1 atom stereocenters. The molecule has 1 aromatic rings. The molecule has 1 nitrogen and oxygen atoms in total. The van der Waals surface area contributed by atoms with Gasteiger partial charge in [0.25, 0.3) is 0 Å². The first-order chi connectivity index (χ1) is 7.63. The van der Waals surface area contributed by atoms with Gasteiger partial charge in [-0.1, -0.05) is 15.9 Å². The van der Waals surface area contributed by atoms with Gasteiger partial charge in [0.2, 0.25) is 0 Å². The summed E-state index contributed by atoms with van der Waals surface area (Å²) in [5, 5.41) is 3.33. The molecule has 0 amide bonds. The molecule has 1 aromatic carbocycles. The fourth-order valence-corrected chi connectivity index (χ4v) is 2.36. The van der Waals surface area contributed by atoms with Crippen molar-refractivity contribution in [3.63, 3.8) is 0 Å². The molecular formula is C12H17BrFNS. The predicted molar refractivity (Wildman–Crippen MR) is 73.4 cm³/mol. The van der Waals surface area contributed by atoms with E-state index in [4.69, 9.17) is 0 Å². The second-order valence-electron chi connectivity index (χ2n) is 3.80. The summed E-state index contributed by atoms with van der Waals surface area (Å²) in [5.41, 5.74) is 0.713. The van der Waals surface area contributed by atoms with Crippen molar-refractivity contribution in [3.8, 4) is 0 Å². The highest BCUT2D eigenvalue weighted by molar-refractivity contribution is 9.10. The minimum atomic E-state index is -0.146. The lowest BCUT2D eigenvalue weighted by atomic mass is 10.2. The lowest BCUT2D eigenvalue weighted by Crippen LogP contribution is -2.26. The predicted octanol–water partition coefficient (Wildman–Crippen LogP) is 3.82. The smallest absolute Gasteiger partial charge is 0.127 e. The Labute approximate surface area is 109 Å². The molecule has 0 spiro atoms. The Morgan fingerprint density at radius 1 is 1.50 bits per heavy atom. The van der Waals surface area contributed by atoms with E-state index in [9.17, 15) is 4.39 Å². The molecule has 0 heterocycles. The third kappa shape index (κ3) is 4.85. The van der Waals surface area contributed by atoms with E-state index < -0.39 is 0 Å². The van der Waals surface area contributed by atoms with Gasteiger partial charge in [0.1, 0.15) is 5.82 Å². The van der Waals surface area contributed by atoms with Crippen LogP contribution in [0.15, 0.2) is 22.7 Å². The summed E-state index contributed by atoms with van der Waals surface area (Å²) in [6, 6.07) is 5.46. The van der Waals surface area contributed by atoms with E-state index in [0.717, 1.165) is 16.6 Å². The van der Waals surface area contributed by atoms with Gasteiger partial charge in [-0.2, -0.15) is 11.8 Å².